The highest BCUT2D eigenvalue weighted by Crippen LogP contribution is 2.31. The maximum Gasteiger partial charge on any atom is 0.433 e. The van der Waals surface area contributed by atoms with E-state index in [0.29, 0.717) is 17.2 Å². The van der Waals surface area contributed by atoms with Gasteiger partial charge in [0.1, 0.15) is 17.2 Å². The predicted octanol–water partition coefficient (Wildman–Crippen LogP) is 3.07. The Kier molecular flexibility index (Phi) is 4.48. The first-order valence-corrected chi connectivity index (χ1v) is 6.41. The van der Waals surface area contributed by atoms with Crippen molar-refractivity contribution in [3.63, 3.8) is 0 Å². The summed E-state index contributed by atoms with van der Waals surface area (Å²) in [6.07, 6.45) is -4.42. The number of aryl methyl sites for hydroxylation is 1. The van der Waals surface area contributed by atoms with Crippen molar-refractivity contribution < 1.29 is 22.6 Å². The Labute approximate surface area is 125 Å². The lowest BCUT2D eigenvalue weighted by Crippen LogP contribution is -2.11. The molecule has 0 saturated carbocycles. The quantitative estimate of drug-likeness (QED) is 0.921. The van der Waals surface area contributed by atoms with E-state index < -0.39 is 11.9 Å². The zero-order chi connectivity index (χ0) is 16.3. The number of halogens is 3. The van der Waals surface area contributed by atoms with Crippen LogP contribution in [0.2, 0.25) is 0 Å². The number of hydrogen-bond acceptors (Lipinski definition) is 4. The molecule has 0 amide bonds. The third-order valence-electron chi connectivity index (χ3n) is 3.09. The smallest absolute Gasteiger partial charge is 0.433 e. The van der Waals surface area contributed by atoms with Crippen molar-refractivity contribution >= 4 is 5.69 Å². The van der Waals surface area contributed by atoms with Crippen LogP contribution < -0.4 is 14.8 Å². The third-order valence-corrected chi connectivity index (χ3v) is 3.09. The number of rotatable bonds is 5. The van der Waals surface area contributed by atoms with E-state index in [1.165, 1.54) is 21.3 Å². The number of hydrogen-bond donors (Lipinski definition) is 1. The number of methoxy groups -OCH3 is 2. The van der Waals surface area contributed by atoms with Gasteiger partial charge >= 0.3 is 6.18 Å². The summed E-state index contributed by atoms with van der Waals surface area (Å²) in [5.41, 5.74) is 0.0997. The lowest BCUT2D eigenvalue weighted by Gasteiger charge is -2.11. The highest BCUT2D eigenvalue weighted by atomic mass is 19.4. The number of nitrogens with one attached hydrogen (secondary N) is 1. The molecule has 2 rings (SSSR count). The van der Waals surface area contributed by atoms with Crippen LogP contribution in [0.1, 0.15) is 11.4 Å². The summed E-state index contributed by atoms with van der Waals surface area (Å²) in [6, 6.07) is 6.15. The van der Waals surface area contributed by atoms with Crippen molar-refractivity contribution in [2.45, 2.75) is 12.7 Å². The Hall–Kier alpha value is -2.38. The standard InChI is InChI=1S/C14H16F3N3O2/c1-20-13(14(15,16)17)6-9(19-20)8-18-11-7-10(21-2)4-5-12(11)22-3/h4-7,18H,8H2,1-3H3. The zero-order valence-corrected chi connectivity index (χ0v) is 12.4. The molecule has 0 saturated heterocycles. The maximum absolute atomic E-state index is 12.7. The monoisotopic (exact) mass is 315 g/mol. The molecule has 1 heterocycles. The summed E-state index contributed by atoms with van der Waals surface area (Å²) in [5, 5.41) is 6.85. The second-order valence-corrected chi connectivity index (χ2v) is 4.56. The van der Waals surface area contributed by atoms with Gasteiger partial charge in [-0.1, -0.05) is 0 Å². The van der Waals surface area contributed by atoms with Gasteiger partial charge in [0.2, 0.25) is 0 Å². The van der Waals surface area contributed by atoms with Crippen molar-refractivity contribution in [3.8, 4) is 11.5 Å². The first-order valence-electron chi connectivity index (χ1n) is 6.41. The summed E-state index contributed by atoms with van der Waals surface area (Å²) in [6.45, 7) is 0.132. The Bertz CT molecular complexity index is 653. The minimum absolute atomic E-state index is 0.132. The third kappa shape index (κ3) is 3.44. The van der Waals surface area contributed by atoms with Crippen LogP contribution in [0, 0.1) is 0 Å². The molecule has 1 N–H and O–H groups in total. The largest absolute Gasteiger partial charge is 0.497 e. The highest BCUT2D eigenvalue weighted by Gasteiger charge is 2.34. The fraction of sp³-hybridized carbons (Fsp3) is 0.357. The molecule has 2 aromatic rings. The van der Waals surface area contributed by atoms with E-state index in [9.17, 15) is 13.2 Å². The maximum atomic E-state index is 12.7. The SMILES string of the molecule is COc1ccc(OC)c(NCc2cc(C(F)(F)F)n(C)n2)c1. The summed E-state index contributed by atoms with van der Waals surface area (Å²) in [7, 11) is 4.30. The van der Waals surface area contributed by atoms with Gasteiger partial charge < -0.3 is 14.8 Å². The second-order valence-electron chi connectivity index (χ2n) is 4.56. The highest BCUT2D eigenvalue weighted by molar-refractivity contribution is 5.59. The molecule has 0 spiro atoms. The van der Waals surface area contributed by atoms with Gasteiger partial charge in [-0.15, -0.1) is 0 Å². The second kappa shape index (κ2) is 6.17. The first-order chi connectivity index (χ1) is 10.3. The fourth-order valence-corrected chi connectivity index (χ4v) is 2.02. The first kappa shape index (κ1) is 16.0. The average Bonchev–Trinajstić information content (AvgIpc) is 2.86. The van der Waals surface area contributed by atoms with Gasteiger partial charge in [-0.3, -0.25) is 4.68 Å². The van der Waals surface area contributed by atoms with Crippen molar-refractivity contribution in [2.75, 3.05) is 19.5 Å². The number of nitrogens with zero attached hydrogens (tertiary/aromatic N) is 2. The van der Waals surface area contributed by atoms with Crippen LogP contribution in [-0.2, 0) is 19.8 Å². The van der Waals surface area contributed by atoms with Crippen LogP contribution >= 0.6 is 0 Å². The fourth-order valence-electron chi connectivity index (χ4n) is 2.02. The van der Waals surface area contributed by atoms with E-state index in [2.05, 4.69) is 10.4 Å². The van der Waals surface area contributed by atoms with Gasteiger partial charge in [-0.2, -0.15) is 18.3 Å². The van der Waals surface area contributed by atoms with Gasteiger partial charge in [0.05, 0.1) is 32.1 Å². The number of benzene rings is 1. The zero-order valence-electron chi connectivity index (χ0n) is 12.4. The lowest BCUT2D eigenvalue weighted by molar-refractivity contribution is -0.143. The Morgan fingerprint density at radius 3 is 2.45 bits per heavy atom. The van der Waals surface area contributed by atoms with Crippen LogP contribution in [0.15, 0.2) is 24.3 Å². The topological polar surface area (TPSA) is 48.3 Å². The molecular weight excluding hydrogens is 299 g/mol. The molecule has 5 nitrogen and oxygen atoms in total. The van der Waals surface area contributed by atoms with Crippen molar-refractivity contribution in [1.29, 1.82) is 0 Å². The summed E-state index contributed by atoms with van der Waals surface area (Å²) in [5.74, 6) is 1.17. The molecule has 22 heavy (non-hydrogen) atoms. The van der Waals surface area contributed by atoms with E-state index in [4.69, 9.17) is 9.47 Å². The van der Waals surface area contributed by atoms with E-state index in [0.717, 1.165) is 10.7 Å². The van der Waals surface area contributed by atoms with Crippen LogP contribution in [0.25, 0.3) is 0 Å². The average molecular weight is 315 g/mol. The number of ether oxygens (including phenoxy) is 2. The van der Waals surface area contributed by atoms with Gasteiger partial charge in [0.15, 0.2) is 0 Å². The number of alkyl halides is 3. The van der Waals surface area contributed by atoms with Gasteiger partial charge in [0.25, 0.3) is 0 Å². The van der Waals surface area contributed by atoms with E-state index in [1.54, 1.807) is 18.2 Å². The molecule has 0 unspecified atom stereocenters. The molecule has 0 aliphatic heterocycles. The minimum Gasteiger partial charge on any atom is -0.497 e. The normalized spacial score (nSPS) is 11.4. The molecule has 1 aromatic heterocycles. The number of anilines is 1. The van der Waals surface area contributed by atoms with E-state index in [1.807, 2.05) is 0 Å². The van der Waals surface area contributed by atoms with E-state index in [-0.39, 0.29) is 12.2 Å². The number of aromatic nitrogens is 2. The molecule has 0 bridgehead atoms. The van der Waals surface area contributed by atoms with Crippen LogP contribution in [0.4, 0.5) is 18.9 Å². The Morgan fingerprint density at radius 2 is 1.91 bits per heavy atom. The molecular formula is C14H16F3N3O2. The van der Waals surface area contributed by atoms with Crippen molar-refractivity contribution in [2.24, 2.45) is 7.05 Å². The molecule has 0 aliphatic rings. The lowest BCUT2D eigenvalue weighted by atomic mass is 10.2. The van der Waals surface area contributed by atoms with Crippen LogP contribution in [0.3, 0.4) is 0 Å². The van der Waals surface area contributed by atoms with Gasteiger partial charge in [0, 0.05) is 13.1 Å². The minimum atomic E-state index is -4.42. The summed E-state index contributed by atoms with van der Waals surface area (Å²) in [4.78, 5) is 0. The predicted molar refractivity (Wildman–Crippen MR) is 75.1 cm³/mol. The molecule has 120 valence electrons. The Morgan fingerprint density at radius 1 is 1.18 bits per heavy atom. The molecule has 0 fully saturated rings. The van der Waals surface area contributed by atoms with Crippen LogP contribution in [0.5, 0.6) is 11.5 Å². The molecule has 0 atom stereocenters. The van der Waals surface area contributed by atoms with Crippen LogP contribution in [-0.4, -0.2) is 24.0 Å². The molecule has 0 aliphatic carbocycles. The Balaban J connectivity index is 2.17. The molecule has 1 aromatic carbocycles. The summed E-state index contributed by atoms with van der Waals surface area (Å²) < 4.78 is 49.3. The van der Waals surface area contributed by atoms with Crippen molar-refractivity contribution in [1.82, 2.24) is 9.78 Å². The molecule has 8 heteroatoms. The van der Waals surface area contributed by atoms with E-state index >= 15 is 0 Å². The van der Waals surface area contributed by atoms with Gasteiger partial charge in [-0.05, 0) is 18.2 Å². The summed E-state index contributed by atoms with van der Waals surface area (Å²) >= 11 is 0. The van der Waals surface area contributed by atoms with Crippen molar-refractivity contribution in [3.05, 3.63) is 35.7 Å². The molecule has 0 radical (unpaired) electrons. The van der Waals surface area contributed by atoms with Gasteiger partial charge in [-0.25, -0.2) is 0 Å².